The van der Waals surface area contributed by atoms with Crippen molar-refractivity contribution in [2.75, 3.05) is 33.7 Å². The predicted octanol–water partition coefficient (Wildman–Crippen LogP) is 1.18. The molecule has 0 aromatic carbocycles. The van der Waals surface area contributed by atoms with Gasteiger partial charge in [-0.05, 0) is 6.42 Å². The first-order chi connectivity index (χ1) is 8.76. The summed E-state index contributed by atoms with van der Waals surface area (Å²) in [6, 6.07) is 0. The normalized spacial score (nSPS) is 13.1. The van der Waals surface area contributed by atoms with Crippen LogP contribution in [0.5, 0.6) is 0 Å². The van der Waals surface area contributed by atoms with Crippen LogP contribution in [-0.2, 0) is 9.59 Å². The Kier molecular flexibility index (Phi) is 8.30. The quantitative estimate of drug-likeness (QED) is 0.465. The number of aliphatic carboxylic acids is 1. The van der Waals surface area contributed by atoms with Gasteiger partial charge in [0.05, 0.1) is 27.1 Å². The Morgan fingerprint density at radius 3 is 2.53 bits per heavy atom. The SMILES string of the molecule is CCCC(F)CC(=O)NCCC[N+](C)(C)CC(=O)O. The molecule has 0 aliphatic carbocycles. The van der Waals surface area contributed by atoms with Gasteiger partial charge in [-0.3, -0.25) is 4.79 Å². The van der Waals surface area contributed by atoms with E-state index in [1.165, 1.54) is 0 Å². The molecule has 0 spiro atoms. The molecule has 0 aliphatic heterocycles. The molecule has 2 N–H and O–H groups in total. The first kappa shape index (κ1) is 17.8. The molecule has 0 radical (unpaired) electrons. The zero-order valence-corrected chi connectivity index (χ0v) is 12.1. The smallest absolute Gasteiger partial charge is 0.359 e. The van der Waals surface area contributed by atoms with Crippen LogP contribution < -0.4 is 5.32 Å². The molecular formula is C13H26FN2O3+. The van der Waals surface area contributed by atoms with E-state index in [4.69, 9.17) is 5.11 Å². The highest BCUT2D eigenvalue weighted by molar-refractivity contribution is 5.76. The van der Waals surface area contributed by atoms with E-state index in [9.17, 15) is 14.0 Å². The fourth-order valence-corrected chi connectivity index (χ4v) is 1.87. The van der Waals surface area contributed by atoms with Crippen LogP contribution in [0, 0.1) is 0 Å². The molecule has 6 heteroatoms. The van der Waals surface area contributed by atoms with E-state index in [1.54, 1.807) is 0 Å². The Morgan fingerprint density at radius 2 is 2.00 bits per heavy atom. The number of carbonyl (C=O) groups is 2. The standard InChI is InChI=1S/C13H25FN2O3/c1-4-6-11(14)9-12(17)15-7-5-8-16(2,3)10-13(18)19/h11H,4-10H2,1-3H3,(H-,15,17,18,19)/p+1. The van der Waals surface area contributed by atoms with Crippen molar-refractivity contribution in [1.29, 1.82) is 0 Å². The minimum absolute atomic E-state index is 0.0526. The summed E-state index contributed by atoms with van der Waals surface area (Å²) in [7, 11) is 3.66. The molecule has 5 nitrogen and oxygen atoms in total. The first-order valence-corrected chi connectivity index (χ1v) is 6.71. The summed E-state index contributed by atoms with van der Waals surface area (Å²) < 4.78 is 13.5. The van der Waals surface area contributed by atoms with Gasteiger partial charge in [0.2, 0.25) is 5.91 Å². The third-order valence-electron chi connectivity index (χ3n) is 2.83. The van der Waals surface area contributed by atoms with Crippen molar-refractivity contribution in [2.24, 2.45) is 0 Å². The van der Waals surface area contributed by atoms with Gasteiger partial charge < -0.3 is 14.9 Å². The zero-order chi connectivity index (χ0) is 14.9. The Labute approximate surface area is 114 Å². The van der Waals surface area contributed by atoms with Crippen molar-refractivity contribution >= 4 is 11.9 Å². The van der Waals surface area contributed by atoms with Gasteiger partial charge in [0, 0.05) is 13.0 Å². The number of likely N-dealkylation sites (N-methyl/N-ethyl adjacent to an activating group) is 1. The third-order valence-corrected chi connectivity index (χ3v) is 2.83. The molecular weight excluding hydrogens is 251 g/mol. The number of hydrogen-bond donors (Lipinski definition) is 2. The summed E-state index contributed by atoms with van der Waals surface area (Å²) in [5.41, 5.74) is 0. The number of nitrogens with zero attached hydrogens (tertiary/aromatic N) is 1. The molecule has 0 aromatic rings. The Morgan fingerprint density at radius 1 is 1.37 bits per heavy atom. The van der Waals surface area contributed by atoms with Crippen LogP contribution in [0.15, 0.2) is 0 Å². The molecule has 0 fully saturated rings. The van der Waals surface area contributed by atoms with Gasteiger partial charge in [0.15, 0.2) is 6.54 Å². The van der Waals surface area contributed by atoms with Crippen LogP contribution in [0.3, 0.4) is 0 Å². The van der Waals surface area contributed by atoms with Crippen LogP contribution in [0.25, 0.3) is 0 Å². The number of carboxylic acids is 1. The summed E-state index contributed by atoms with van der Waals surface area (Å²) in [6.07, 6.45) is 0.674. The second-order valence-corrected chi connectivity index (χ2v) is 5.50. The van der Waals surface area contributed by atoms with Crippen molar-refractivity contribution < 1.29 is 23.6 Å². The van der Waals surface area contributed by atoms with Crippen LogP contribution >= 0.6 is 0 Å². The van der Waals surface area contributed by atoms with E-state index < -0.39 is 12.1 Å². The van der Waals surface area contributed by atoms with E-state index in [-0.39, 0.29) is 18.9 Å². The second-order valence-electron chi connectivity index (χ2n) is 5.50. The topological polar surface area (TPSA) is 66.4 Å². The molecule has 0 bridgehead atoms. The van der Waals surface area contributed by atoms with Gasteiger partial charge in [-0.25, -0.2) is 9.18 Å². The van der Waals surface area contributed by atoms with Crippen molar-refractivity contribution in [3.05, 3.63) is 0 Å². The average Bonchev–Trinajstić information content (AvgIpc) is 2.22. The van der Waals surface area contributed by atoms with Crippen LogP contribution in [0.4, 0.5) is 4.39 Å². The molecule has 0 rings (SSSR count). The lowest BCUT2D eigenvalue weighted by molar-refractivity contribution is -0.883. The minimum atomic E-state index is -1.07. The summed E-state index contributed by atoms with van der Waals surface area (Å²) in [4.78, 5) is 22.0. The third kappa shape index (κ3) is 10.4. The monoisotopic (exact) mass is 277 g/mol. The minimum Gasteiger partial charge on any atom is -0.477 e. The lowest BCUT2D eigenvalue weighted by atomic mass is 10.1. The number of alkyl halides is 1. The number of quaternary nitrogens is 1. The fraction of sp³-hybridized carbons (Fsp3) is 0.846. The molecule has 0 aromatic heterocycles. The first-order valence-electron chi connectivity index (χ1n) is 6.71. The van der Waals surface area contributed by atoms with Crippen molar-refractivity contribution in [3.63, 3.8) is 0 Å². The highest BCUT2D eigenvalue weighted by atomic mass is 19.1. The Balaban J connectivity index is 3.74. The highest BCUT2D eigenvalue weighted by Gasteiger charge is 2.19. The van der Waals surface area contributed by atoms with Crippen molar-refractivity contribution in [3.8, 4) is 0 Å². The fourth-order valence-electron chi connectivity index (χ4n) is 1.87. The molecule has 0 saturated heterocycles. The van der Waals surface area contributed by atoms with Crippen molar-refractivity contribution in [1.82, 2.24) is 5.32 Å². The molecule has 0 heterocycles. The molecule has 112 valence electrons. The summed E-state index contributed by atoms with van der Waals surface area (Å²) in [5.74, 6) is -1.11. The average molecular weight is 277 g/mol. The van der Waals surface area contributed by atoms with Gasteiger partial charge in [-0.2, -0.15) is 0 Å². The predicted molar refractivity (Wildman–Crippen MR) is 71.5 cm³/mol. The summed E-state index contributed by atoms with van der Waals surface area (Å²) in [5, 5.41) is 11.4. The van der Waals surface area contributed by atoms with Gasteiger partial charge in [-0.15, -0.1) is 0 Å². The second kappa shape index (κ2) is 8.85. The van der Waals surface area contributed by atoms with Gasteiger partial charge >= 0.3 is 5.97 Å². The number of nitrogens with one attached hydrogen (secondary N) is 1. The lowest BCUT2D eigenvalue weighted by Crippen LogP contribution is -2.45. The van der Waals surface area contributed by atoms with Crippen LogP contribution in [0.1, 0.15) is 32.6 Å². The van der Waals surface area contributed by atoms with E-state index in [1.807, 2.05) is 21.0 Å². The molecule has 1 amide bonds. The molecule has 19 heavy (non-hydrogen) atoms. The van der Waals surface area contributed by atoms with Crippen LogP contribution in [0.2, 0.25) is 0 Å². The Bertz CT molecular complexity index is 296. The maximum absolute atomic E-state index is 13.2. The highest BCUT2D eigenvalue weighted by Crippen LogP contribution is 2.05. The molecule has 0 saturated carbocycles. The van der Waals surface area contributed by atoms with Gasteiger partial charge in [-0.1, -0.05) is 13.3 Å². The molecule has 0 aliphatic rings. The maximum atomic E-state index is 13.2. The van der Waals surface area contributed by atoms with E-state index in [0.29, 0.717) is 30.4 Å². The van der Waals surface area contributed by atoms with E-state index >= 15 is 0 Å². The number of carboxylic acid groups (broad SMARTS) is 1. The van der Waals surface area contributed by atoms with Gasteiger partial charge in [0.25, 0.3) is 0 Å². The number of hydrogen-bond acceptors (Lipinski definition) is 2. The number of amides is 1. The molecule has 1 atom stereocenters. The lowest BCUT2D eigenvalue weighted by Gasteiger charge is -2.27. The number of rotatable bonds is 10. The largest absolute Gasteiger partial charge is 0.477 e. The van der Waals surface area contributed by atoms with Gasteiger partial charge in [0.1, 0.15) is 6.17 Å². The van der Waals surface area contributed by atoms with Crippen LogP contribution in [-0.4, -0.2) is 61.4 Å². The van der Waals surface area contributed by atoms with E-state index in [2.05, 4.69) is 5.32 Å². The molecule has 1 unspecified atom stereocenters. The summed E-state index contributed by atoms with van der Waals surface area (Å²) >= 11 is 0. The maximum Gasteiger partial charge on any atom is 0.359 e. The van der Waals surface area contributed by atoms with Crippen molar-refractivity contribution in [2.45, 2.75) is 38.8 Å². The zero-order valence-electron chi connectivity index (χ0n) is 12.1. The number of halogens is 1. The van der Waals surface area contributed by atoms with E-state index in [0.717, 1.165) is 6.42 Å². The Hall–Kier alpha value is -1.17. The summed E-state index contributed by atoms with van der Waals surface area (Å²) in [6.45, 7) is 3.05. The number of carbonyl (C=O) groups excluding carboxylic acids is 1.